The highest BCUT2D eigenvalue weighted by Gasteiger charge is 2.09. The number of aromatic nitrogens is 2. The average molecular weight is 262 g/mol. The van der Waals surface area contributed by atoms with Gasteiger partial charge in [0.05, 0.1) is 12.3 Å². The molecule has 2 rings (SSSR count). The molecule has 0 fully saturated rings. The van der Waals surface area contributed by atoms with E-state index in [4.69, 9.17) is 14.6 Å². The molecule has 2 N–H and O–H groups in total. The summed E-state index contributed by atoms with van der Waals surface area (Å²) in [6, 6.07) is 8.77. The van der Waals surface area contributed by atoms with E-state index in [0.717, 1.165) is 5.56 Å². The Hall–Kier alpha value is -2.34. The fraction of sp³-hybridized carbons (Fsp3) is 0.231. The molecule has 6 nitrogen and oxygen atoms in total. The Morgan fingerprint density at radius 2 is 2.21 bits per heavy atom. The number of methoxy groups -OCH3 is 1. The van der Waals surface area contributed by atoms with Crippen molar-refractivity contribution in [3.63, 3.8) is 0 Å². The monoisotopic (exact) mass is 262 g/mol. The van der Waals surface area contributed by atoms with Gasteiger partial charge in [0.25, 0.3) is 0 Å². The van der Waals surface area contributed by atoms with E-state index in [1.165, 1.54) is 6.07 Å². The second kappa shape index (κ2) is 6.01. The number of ether oxygens (including phenoxy) is 2. The van der Waals surface area contributed by atoms with Crippen LogP contribution in [0.4, 0.5) is 0 Å². The number of nitrogens with one attached hydrogen (secondary N) is 1. The van der Waals surface area contributed by atoms with E-state index in [9.17, 15) is 4.79 Å². The molecule has 0 saturated heterocycles. The van der Waals surface area contributed by atoms with Gasteiger partial charge in [0, 0.05) is 12.7 Å². The number of carboxylic acid groups (broad SMARTS) is 1. The largest absolute Gasteiger partial charge is 0.491 e. The summed E-state index contributed by atoms with van der Waals surface area (Å²) in [5.74, 6) is -0.347. The van der Waals surface area contributed by atoms with Crippen molar-refractivity contribution in [2.45, 2.75) is 0 Å². The maximum absolute atomic E-state index is 10.8. The molecule has 1 aromatic carbocycles. The lowest BCUT2D eigenvalue weighted by atomic mass is 10.1. The van der Waals surface area contributed by atoms with Gasteiger partial charge >= 0.3 is 5.97 Å². The zero-order chi connectivity index (χ0) is 13.7. The van der Waals surface area contributed by atoms with Crippen LogP contribution in [0.1, 0.15) is 10.5 Å². The van der Waals surface area contributed by atoms with E-state index < -0.39 is 5.97 Å². The molecule has 0 bridgehead atoms. The molecule has 0 radical (unpaired) electrons. The van der Waals surface area contributed by atoms with Crippen molar-refractivity contribution in [2.75, 3.05) is 20.3 Å². The van der Waals surface area contributed by atoms with Gasteiger partial charge < -0.3 is 14.6 Å². The molecule has 2 aromatic rings. The molecule has 0 spiro atoms. The van der Waals surface area contributed by atoms with E-state index in [1.54, 1.807) is 13.2 Å². The third kappa shape index (κ3) is 3.32. The van der Waals surface area contributed by atoms with Gasteiger partial charge in [0.15, 0.2) is 0 Å². The number of H-pyrrole nitrogens is 1. The molecule has 0 unspecified atom stereocenters. The van der Waals surface area contributed by atoms with Gasteiger partial charge in [-0.2, -0.15) is 5.10 Å². The Kier molecular flexibility index (Phi) is 4.15. The first-order chi connectivity index (χ1) is 9.20. The van der Waals surface area contributed by atoms with Crippen molar-refractivity contribution < 1.29 is 19.4 Å². The van der Waals surface area contributed by atoms with Gasteiger partial charge in [-0.3, -0.25) is 5.10 Å². The van der Waals surface area contributed by atoms with E-state index in [-0.39, 0.29) is 5.69 Å². The van der Waals surface area contributed by atoms with Crippen molar-refractivity contribution in [3.8, 4) is 17.0 Å². The standard InChI is InChI=1S/C13H14N2O4/c1-18-5-6-19-10-4-2-3-9(7-10)11-8-12(13(16)17)15-14-11/h2-4,7-8H,5-6H2,1H3,(H,14,15)(H,16,17). The van der Waals surface area contributed by atoms with Crippen LogP contribution < -0.4 is 4.74 Å². The van der Waals surface area contributed by atoms with Crippen LogP contribution in [-0.2, 0) is 4.74 Å². The smallest absolute Gasteiger partial charge is 0.353 e. The van der Waals surface area contributed by atoms with E-state index in [2.05, 4.69) is 10.2 Å². The molecule has 0 amide bonds. The van der Waals surface area contributed by atoms with E-state index >= 15 is 0 Å². The molecule has 19 heavy (non-hydrogen) atoms. The van der Waals surface area contributed by atoms with Gasteiger partial charge in [0.2, 0.25) is 0 Å². The molecule has 0 aliphatic carbocycles. The topological polar surface area (TPSA) is 84.4 Å². The minimum absolute atomic E-state index is 0.0562. The number of hydrogen-bond acceptors (Lipinski definition) is 4. The lowest BCUT2D eigenvalue weighted by Crippen LogP contribution is -2.04. The summed E-state index contributed by atoms with van der Waals surface area (Å²) in [6.07, 6.45) is 0. The molecule has 0 aliphatic heterocycles. The summed E-state index contributed by atoms with van der Waals surface area (Å²) in [4.78, 5) is 10.8. The zero-order valence-electron chi connectivity index (χ0n) is 10.4. The third-order valence-electron chi connectivity index (χ3n) is 2.49. The van der Waals surface area contributed by atoms with Crippen LogP contribution in [0.25, 0.3) is 11.3 Å². The second-order valence-corrected chi connectivity index (χ2v) is 3.84. The summed E-state index contributed by atoms with van der Waals surface area (Å²) < 4.78 is 10.4. The maximum atomic E-state index is 10.8. The van der Waals surface area contributed by atoms with Crippen molar-refractivity contribution in [3.05, 3.63) is 36.0 Å². The number of aromatic amines is 1. The van der Waals surface area contributed by atoms with E-state index in [0.29, 0.717) is 24.7 Å². The minimum Gasteiger partial charge on any atom is -0.491 e. The number of benzene rings is 1. The Morgan fingerprint density at radius 3 is 2.89 bits per heavy atom. The predicted molar refractivity (Wildman–Crippen MR) is 68.4 cm³/mol. The van der Waals surface area contributed by atoms with Gasteiger partial charge in [-0.25, -0.2) is 4.79 Å². The first-order valence-corrected chi connectivity index (χ1v) is 5.71. The summed E-state index contributed by atoms with van der Waals surface area (Å²) in [5.41, 5.74) is 1.41. The summed E-state index contributed by atoms with van der Waals surface area (Å²) in [7, 11) is 1.61. The SMILES string of the molecule is COCCOc1cccc(-c2cc(C(=O)O)[nH]n2)c1. The Balaban J connectivity index is 2.15. The first-order valence-electron chi connectivity index (χ1n) is 5.71. The lowest BCUT2D eigenvalue weighted by molar-refractivity contribution is 0.0690. The van der Waals surface area contributed by atoms with Crippen LogP contribution in [0.2, 0.25) is 0 Å². The van der Waals surface area contributed by atoms with Crippen molar-refractivity contribution in [1.82, 2.24) is 10.2 Å². The van der Waals surface area contributed by atoms with Gasteiger partial charge in [-0.05, 0) is 18.2 Å². The van der Waals surface area contributed by atoms with Crippen molar-refractivity contribution >= 4 is 5.97 Å². The third-order valence-corrected chi connectivity index (χ3v) is 2.49. The fourth-order valence-electron chi connectivity index (χ4n) is 1.57. The molecule has 100 valence electrons. The Bertz CT molecular complexity index is 565. The maximum Gasteiger partial charge on any atom is 0.353 e. The molecule has 6 heteroatoms. The predicted octanol–water partition coefficient (Wildman–Crippen LogP) is 1.80. The molecule has 1 aromatic heterocycles. The summed E-state index contributed by atoms with van der Waals surface area (Å²) in [5, 5.41) is 15.3. The van der Waals surface area contributed by atoms with Crippen LogP contribution in [0.15, 0.2) is 30.3 Å². The molecular formula is C13H14N2O4. The number of carbonyl (C=O) groups is 1. The normalized spacial score (nSPS) is 10.4. The molecule has 0 aliphatic rings. The summed E-state index contributed by atoms with van der Waals surface area (Å²) >= 11 is 0. The fourth-order valence-corrected chi connectivity index (χ4v) is 1.57. The Labute approximate surface area is 110 Å². The van der Waals surface area contributed by atoms with Gasteiger partial charge in [0.1, 0.15) is 18.1 Å². The van der Waals surface area contributed by atoms with Gasteiger partial charge in [-0.1, -0.05) is 12.1 Å². The number of carboxylic acids is 1. The highest BCUT2D eigenvalue weighted by Crippen LogP contribution is 2.22. The zero-order valence-corrected chi connectivity index (χ0v) is 10.4. The summed E-state index contributed by atoms with van der Waals surface area (Å²) in [6.45, 7) is 0.969. The number of aromatic carboxylic acids is 1. The van der Waals surface area contributed by atoms with Crippen molar-refractivity contribution in [1.29, 1.82) is 0 Å². The quantitative estimate of drug-likeness (QED) is 0.775. The first kappa shape index (κ1) is 13.1. The number of rotatable bonds is 6. The molecule has 0 saturated carbocycles. The number of nitrogens with zero attached hydrogens (tertiary/aromatic N) is 1. The average Bonchev–Trinajstić information content (AvgIpc) is 2.89. The van der Waals surface area contributed by atoms with Crippen LogP contribution in [0, 0.1) is 0 Å². The second-order valence-electron chi connectivity index (χ2n) is 3.84. The number of hydrogen-bond donors (Lipinski definition) is 2. The van der Waals surface area contributed by atoms with Crippen LogP contribution in [0.3, 0.4) is 0 Å². The van der Waals surface area contributed by atoms with Crippen LogP contribution >= 0.6 is 0 Å². The Morgan fingerprint density at radius 1 is 1.37 bits per heavy atom. The van der Waals surface area contributed by atoms with E-state index in [1.807, 2.05) is 18.2 Å². The lowest BCUT2D eigenvalue weighted by Gasteiger charge is -2.06. The van der Waals surface area contributed by atoms with Crippen LogP contribution in [0.5, 0.6) is 5.75 Å². The molecule has 1 heterocycles. The molecule has 0 atom stereocenters. The van der Waals surface area contributed by atoms with Crippen LogP contribution in [-0.4, -0.2) is 41.6 Å². The highest BCUT2D eigenvalue weighted by molar-refractivity contribution is 5.86. The van der Waals surface area contributed by atoms with Crippen molar-refractivity contribution in [2.24, 2.45) is 0 Å². The minimum atomic E-state index is -1.04. The molecular weight excluding hydrogens is 248 g/mol. The highest BCUT2D eigenvalue weighted by atomic mass is 16.5. The van der Waals surface area contributed by atoms with Gasteiger partial charge in [-0.15, -0.1) is 0 Å².